The van der Waals surface area contributed by atoms with Gasteiger partial charge in [0, 0.05) is 7.05 Å². The molecule has 4 heteroatoms. The molecular weight excluding hydrogens is 206 g/mol. The first kappa shape index (κ1) is 12.0. The lowest BCUT2D eigenvalue weighted by Crippen LogP contribution is -2.18. The zero-order chi connectivity index (χ0) is 12.0. The van der Waals surface area contributed by atoms with Crippen LogP contribution in [-0.2, 0) is 4.79 Å². The summed E-state index contributed by atoms with van der Waals surface area (Å²) in [5.74, 6) is 0.252. The second kappa shape index (κ2) is 5.70. The van der Waals surface area contributed by atoms with E-state index in [4.69, 9.17) is 4.74 Å². The van der Waals surface area contributed by atoms with Crippen molar-refractivity contribution in [3.8, 4) is 5.75 Å². The lowest BCUT2D eigenvalue weighted by atomic mass is 10.1. The molecule has 0 fully saturated rings. The quantitative estimate of drug-likeness (QED) is 0.772. The molecule has 16 heavy (non-hydrogen) atoms. The molecule has 1 aromatic carbocycles. The predicted molar refractivity (Wildman–Crippen MR) is 61.1 cm³/mol. The molecule has 0 unspecified atom stereocenters. The molecule has 0 aliphatic heterocycles. The van der Waals surface area contributed by atoms with Crippen LogP contribution in [0.1, 0.15) is 15.9 Å². The van der Waals surface area contributed by atoms with Crippen molar-refractivity contribution in [2.45, 2.75) is 0 Å². The number of ether oxygens (including phenoxy) is 1. The Kier molecular flexibility index (Phi) is 4.27. The lowest BCUT2D eigenvalue weighted by molar-refractivity contribution is 0.0960. The predicted octanol–water partition coefficient (Wildman–Crippen LogP) is 1.18. The van der Waals surface area contributed by atoms with Crippen LogP contribution in [0.2, 0.25) is 0 Å². The zero-order valence-corrected chi connectivity index (χ0v) is 9.11. The highest BCUT2D eigenvalue weighted by Gasteiger charge is 2.10. The number of amides is 1. The molecule has 1 aromatic rings. The van der Waals surface area contributed by atoms with Crippen LogP contribution in [0.5, 0.6) is 5.75 Å². The average Bonchev–Trinajstić information content (AvgIpc) is 2.34. The molecule has 0 saturated carbocycles. The summed E-state index contributed by atoms with van der Waals surface area (Å²) in [6.07, 6.45) is 4.50. The molecule has 0 aliphatic rings. The van der Waals surface area contributed by atoms with Crippen LogP contribution in [0, 0.1) is 0 Å². The average molecular weight is 218 g/mol. The molecule has 0 aromatic heterocycles. The van der Waals surface area contributed by atoms with E-state index in [0.29, 0.717) is 11.3 Å². The second-order valence-electron chi connectivity index (χ2n) is 2.99. The van der Waals surface area contributed by atoms with Gasteiger partial charge in [0.15, 0.2) is 0 Å². The number of rotatable bonds is 4. The second-order valence-corrected chi connectivity index (χ2v) is 2.99. The van der Waals surface area contributed by atoms with Gasteiger partial charge in [-0.25, -0.2) is 0 Å². The lowest BCUT2D eigenvalue weighted by Gasteiger charge is -2.07. The summed E-state index contributed by atoms with van der Waals surface area (Å²) < 4.78 is 5.10. The van der Waals surface area contributed by atoms with E-state index in [1.807, 2.05) is 0 Å². The number of benzene rings is 1. The third-order valence-electron chi connectivity index (χ3n) is 2.04. The minimum atomic E-state index is -0.214. The number of carbonyl (C=O) groups is 1. The molecule has 0 aliphatic carbocycles. The van der Waals surface area contributed by atoms with E-state index < -0.39 is 0 Å². The summed E-state index contributed by atoms with van der Waals surface area (Å²) in [7, 11) is 3.04. The topological polar surface area (TPSA) is 55.4 Å². The fraction of sp³-hybridized carbons (Fsp3) is 0.167. The van der Waals surface area contributed by atoms with Crippen molar-refractivity contribution in [2.75, 3.05) is 14.2 Å². The van der Waals surface area contributed by atoms with Gasteiger partial charge in [-0.15, -0.1) is 0 Å². The molecule has 1 N–H and O–H groups in total. The van der Waals surface area contributed by atoms with Crippen LogP contribution < -0.4 is 10.1 Å². The van der Waals surface area contributed by atoms with Crippen molar-refractivity contribution < 1.29 is 14.3 Å². The molecule has 1 rings (SSSR count). The van der Waals surface area contributed by atoms with E-state index in [9.17, 15) is 9.59 Å². The first-order valence-corrected chi connectivity index (χ1v) is 4.67. The Morgan fingerprint density at radius 1 is 1.50 bits per heavy atom. The molecule has 0 saturated heterocycles. The van der Waals surface area contributed by atoms with Gasteiger partial charge in [0.2, 0.25) is 6.29 Å². The molecule has 0 heterocycles. The minimum absolute atomic E-state index is 0.214. The highest BCUT2D eigenvalue weighted by molar-refractivity contribution is 5.97. The molecule has 0 atom stereocenters. The molecule has 1 amide bonds. The van der Waals surface area contributed by atoms with Crippen LogP contribution in [0.4, 0.5) is 0 Å². The first-order valence-electron chi connectivity index (χ1n) is 4.67. The van der Waals surface area contributed by atoms with Crippen molar-refractivity contribution in [1.82, 2.24) is 5.32 Å². The number of allylic oxidation sites excluding steroid dienone is 1. The van der Waals surface area contributed by atoms with Gasteiger partial charge in [0.1, 0.15) is 5.75 Å². The number of hydrogen-bond donors (Lipinski definition) is 1. The van der Waals surface area contributed by atoms with Crippen LogP contribution in [-0.4, -0.2) is 26.4 Å². The summed E-state index contributed by atoms with van der Waals surface area (Å²) in [6.45, 7) is 0. The SMILES string of the molecule is CNC(=O)c1ccc(/C=C/[C]=O)cc1OC. The monoisotopic (exact) mass is 218 g/mol. The Morgan fingerprint density at radius 3 is 2.81 bits per heavy atom. The maximum absolute atomic E-state index is 11.4. The highest BCUT2D eigenvalue weighted by Crippen LogP contribution is 2.20. The fourth-order valence-electron chi connectivity index (χ4n) is 1.26. The van der Waals surface area contributed by atoms with E-state index in [2.05, 4.69) is 5.32 Å². The van der Waals surface area contributed by atoms with E-state index in [1.165, 1.54) is 13.2 Å². The van der Waals surface area contributed by atoms with Crippen molar-refractivity contribution in [3.63, 3.8) is 0 Å². The Labute approximate surface area is 93.9 Å². The van der Waals surface area contributed by atoms with Crippen molar-refractivity contribution in [2.24, 2.45) is 0 Å². The van der Waals surface area contributed by atoms with Gasteiger partial charge >= 0.3 is 0 Å². The first-order chi connectivity index (χ1) is 7.72. The Bertz CT molecular complexity index is 424. The van der Waals surface area contributed by atoms with E-state index in [-0.39, 0.29) is 5.91 Å². The molecule has 0 bridgehead atoms. The molecule has 1 radical (unpaired) electrons. The number of nitrogens with one attached hydrogen (secondary N) is 1. The fourth-order valence-corrected chi connectivity index (χ4v) is 1.26. The molecule has 4 nitrogen and oxygen atoms in total. The molecular formula is C12H12NO3. The van der Waals surface area contributed by atoms with Gasteiger partial charge in [-0.05, 0) is 23.8 Å². The summed E-state index contributed by atoms with van der Waals surface area (Å²) >= 11 is 0. The summed E-state index contributed by atoms with van der Waals surface area (Å²) in [5, 5.41) is 2.52. The molecule has 0 spiro atoms. The molecule has 83 valence electrons. The third-order valence-corrected chi connectivity index (χ3v) is 2.04. The van der Waals surface area contributed by atoms with Gasteiger partial charge in [-0.2, -0.15) is 0 Å². The van der Waals surface area contributed by atoms with Crippen molar-refractivity contribution in [1.29, 1.82) is 0 Å². The van der Waals surface area contributed by atoms with Crippen molar-refractivity contribution in [3.05, 3.63) is 35.4 Å². The van der Waals surface area contributed by atoms with Gasteiger partial charge in [0.05, 0.1) is 12.7 Å². The third kappa shape index (κ3) is 2.70. The Morgan fingerprint density at radius 2 is 2.25 bits per heavy atom. The summed E-state index contributed by atoms with van der Waals surface area (Å²) in [4.78, 5) is 21.5. The van der Waals surface area contributed by atoms with Crippen molar-refractivity contribution >= 4 is 18.3 Å². The Balaban J connectivity index is 3.11. The summed E-state index contributed by atoms with van der Waals surface area (Å²) in [5.41, 5.74) is 1.23. The summed E-state index contributed by atoms with van der Waals surface area (Å²) in [6, 6.07) is 5.04. The van der Waals surface area contributed by atoms with Gasteiger partial charge in [-0.1, -0.05) is 12.1 Å². The van der Waals surface area contributed by atoms with Gasteiger partial charge in [-0.3, -0.25) is 9.59 Å². The van der Waals surface area contributed by atoms with Gasteiger partial charge < -0.3 is 10.1 Å². The van der Waals surface area contributed by atoms with Gasteiger partial charge in [0.25, 0.3) is 5.91 Å². The van der Waals surface area contributed by atoms with E-state index >= 15 is 0 Å². The number of methoxy groups -OCH3 is 1. The Hall–Kier alpha value is -2.10. The van der Waals surface area contributed by atoms with E-state index in [0.717, 1.165) is 5.56 Å². The maximum atomic E-state index is 11.4. The van der Waals surface area contributed by atoms with Crippen LogP contribution in [0.25, 0.3) is 6.08 Å². The standard InChI is InChI=1S/C12H12NO3/c1-13-12(15)10-6-5-9(4-3-7-14)8-11(10)16-2/h3-6,8H,1-2H3,(H,13,15)/b4-3+. The zero-order valence-electron chi connectivity index (χ0n) is 9.11. The van der Waals surface area contributed by atoms with E-state index in [1.54, 1.807) is 37.6 Å². The largest absolute Gasteiger partial charge is 0.496 e. The smallest absolute Gasteiger partial charge is 0.254 e. The highest BCUT2D eigenvalue weighted by atomic mass is 16.5. The van der Waals surface area contributed by atoms with Crippen LogP contribution in [0.3, 0.4) is 0 Å². The van der Waals surface area contributed by atoms with Crippen LogP contribution in [0.15, 0.2) is 24.3 Å². The normalized spacial score (nSPS) is 10.1. The number of hydrogen-bond acceptors (Lipinski definition) is 3. The maximum Gasteiger partial charge on any atom is 0.254 e. The minimum Gasteiger partial charge on any atom is -0.496 e. The van der Waals surface area contributed by atoms with Crippen LogP contribution >= 0.6 is 0 Å². The number of carbonyl (C=O) groups excluding carboxylic acids is 2.